The van der Waals surface area contributed by atoms with Crippen molar-refractivity contribution >= 4 is 35.6 Å². The first-order valence-electron chi connectivity index (χ1n) is 3.41. The van der Waals surface area contributed by atoms with Crippen molar-refractivity contribution < 1.29 is 0 Å². The Bertz CT molecular complexity index is 167. The molecule has 0 aliphatic carbocycles. The molecule has 0 spiro atoms. The molecule has 0 rings (SSSR count). The zero-order valence-corrected chi connectivity index (χ0v) is 8.49. The summed E-state index contributed by atoms with van der Waals surface area (Å²) in [5.74, 6) is 0. The van der Waals surface area contributed by atoms with E-state index in [0.29, 0.717) is 18.3 Å². The summed E-state index contributed by atoms with van der Waals surface area (Å²) >= 11 is 8.00. The number of aliphatic imine (C=N–C) groups is 1. The normalized spacial score (nSPS) is 11.5. The van der Waals surface area contributed by atoms with Gasteiger partial charge in [0, 0.05) is 13.1 Å². The van der Waals surface area contributed by atoms with Crippen molar-refractivity contribution in [3.05, 3.63) is 0 Å². The summed E-state index contributed by atoms with van der Waals surface area (Å²) in [7, 11) is 0. The standard InChI is InChI=1S/C6H13N3S2/c1-3-8-6(11)9(4-2)5(7)10/h3-4H2,1-2H3,(H2,7,10)(H,8,11). The first kappa shape index (κ1) is 10.8. The van der Waals surface area contributed by atoms with Crippen LogP contribution in [-0.4, -0.2) is 28.3 Å². The van der Waals surface area contributed by atoms with Crippen molar-refractivity contribution in [2.24, 2.45) is 4.99 Å². The zero-order valence-electron chi connectivity index (χ0n) is 6.70. The molecule has 0 aromatic rings. The quantitative estimate of drug-likeness (QED) is 0.345. The van der Waals surface area contributed by atoms with Crippen LogP contribution in [0.25, 0.3) is 0 Å². The lowest BCUT2D eigenvalue weighted by Gasteiger charge is -2.18. The summed E-state index contributed by atoms with van der Waals surface area (Å²) in [5, 5.41) is 7.95. The van der Waals surface area contributed by atoms with Gasteiger partial charge < -0.3 is 4.90 Å². The Morgan fingerprint density at radius 3 is 2.27 bits per heavy atom. The molecule has 0 aromatic heterocycles. The van der Waals surface area contributed by atoms with E-state index in [2.05, 4.69) is 30.2 Å². The van der Waals surface area contributed by atoms with Crippen LogP contribution in [0.5, 0.6) is 0 Å². The molecule has 0 fully saturated rings. The Labute approximate surface area is 78.2 Å². The van der Waals surface area contributed by atoms with Crippen molar-refractivity contribution in [2.75, 3.05) is 13.1 Å². The number of nitrogens with zero attached hydrogens (tertiary/aromatic N) is 2. The highest BCUT2D eigenvalue weighted by Gasteiger charge is 2.06. The molecule has 0 aromatic carbocycles. The minimum Gasteiger partial charge on any atom is -0.301 e. The molecule has 0 amide bonds. The fraction of sp³-hybridized carbons (Fsp3) is 0.667. The van der Waals surface area contributed by atoms with Crippen molar-refractivity contribution in [1.29, 1.82) is 5.41 Å². The SMILES string of the molecule is CCN=C(S)N(CC)C(=N)S. The van der Waals surface area contributed by atoms with Crippen LogP contribution in [0.4, 0.5) is 0 Å². The maximum Gasteiger partial charge on any atom is 0.162 e. The van der Waals surface area contributed by atoms with Crippen molar-refractivity contribution in [2.45, 2.75) is 13.8 Å². The van der Waals surface area contributed by atoms with Gasteiger partial charge in [-0.3, -0.25) is 10.4 Å². The summed E-state index contributed by atoms with van der Waals surface area (Å²) in [6.07, 6.45) is 0. The van der Waals surface area contributed by atoms with E-state index in [1.165, 1.54) is 0 Å². The second kappa shape index (κ2) is 5.49. The smallest absolute Gasteiger partial charge is 0.162 e. The maximum atomic E-state index is 7.22. The predicted octanol–water partition coefficient (Wildman–Crippen LogP) is 1.48. The number of amidine groups is 2. The molecule has 1 N–H and O–H groups in total. The fourth-order valence-electron chi connectivity index (χ4n) is 0.613. The summed E-state index contributed by atoms with van der Waals surface area (Å²) in [6, 6.07) is 0. The lowest BCUT2D eigenvalue weighted by molar-refractivity contribution is 0.661. The van der Waals surface area contributed by atoms with Gasteiger partial charge in [0.05, 0.1) is 0 Å². The van der Waals surface area contributed by atoms with Gasteiger partial charge in [0.1, 0.15) is 0 Å². The average molecular weight is 191 g/mol. The second-order valence-corrected chi connectivity index (χ2v) is 2.67. The van der Waals surface area contributed by atoms with E-state index >= 15 is 0 Å². The highest BCUT2D eigenvalue weighted by molar-refractivity contribution is 7.98. The number of hydrogen-bond acceptors (Lipinski definition) is 2. The molecule has 3 nitrogen and oxygen atoms in total. The minimum absolute atomic E-state index is 0.176. The van der Waals surface area contributed by atoms with Crippen molar-refractivity contribution in [3.8, 4) is 0 Å². The zero-order chi connectivity index (χ0) is 8.85. The van der Waals surface area contributed by atoms with E-state index in [0.717, 1.165) is 0 Å². The van der Waals surface area contributed by atoms with Gasteiger partial charge in [-0.1, -0.05) is 0 Å². The topological polar surface area (TPSA) is 39.5 Å². The predicted molar refractivity (Wildman–Crippen MR) is 56.1 cm³/mol. The van der Waals surface area contributed by atoms with Gasteiger partial charge >= 0.3 is 0 Å². The lowest BCUT2D eigenvalue weighted by atomic mass is 10.6. The molecule has 0 unspecified atom stereocenters. The second-order valence-electron chi connectivity index (χ2n) is 1.84. The summed E-state index contributed by atoms with van der Waals surface area (Å²) in [4.78, 5) is 5.64. The average Bonchev–Trinajstić information content (AvgIpc) is 1.88. The molecule has 0 aliphatic heterocycles. The molecule has 0 aliphatic rings. The van der Waals surface area contributed by atoms with Crippen molar-refractivity contribution in [1.82, 2.24) is 4.90 Å². The third-order valence-electron chi connectivity index (χ3n) is 1.11. The van der Waals surface area contributed by atoms with E-state index in [-0.39, 0.29) is 5.17 Å². The van der Waals surface area contributed by atoms with Crippen LogP contribution in [0.2, 0.25) is 0 Å². The van der Waals surface area contributed by atoms with E-state index in [4.69, 9.17) is 5.41 Å². The molecule has 0 saturated carbocycles. The summed E-state index contributed by atoms with van der Waals surface area (Å²) < 4.78 is 0. The fourth-order valence-corrected chi connectivity index (χ4v) is 1.31. The van der Waals surface area contributed by atoms with E-state index in [1.807, 2.05) is 13.8 Å². The Kier molecular flexibility index (Phi) is 5.41. The van der Waals surface area contributed by atoms with Crippen molar-refractivity contribution in [3.63, 3.8) is 0 Å². The molecule has 5 heteroatoms. The highest BCUT2D eigenvalue weighted by Crippen LogP contribution is 1.99. The van der Waals surface area contributed by atoms with E-state index < -0.39 is 0 Å². The van der Waals surface area contributed by atoms with Crippen LogP contribution in [0.15, 0.2) is 4.99 Å². The lowest BCUT2D eigenvalue weighted by Crippen LogP contribution is -2.30. The Morgan fingerprint density at radius 2 is 2.00 bits per heavy atom. The largest absolute Gasteiger partial charge is 0.301 e. The van der Waals surface area contributed by atoms with Crippen LogP contribution in [-0.2, 0) is 0 Å². The van der Waals surface area contributed by atoms with Crippen LogP contribution >= 0.6 is 25.3 Å². The van der Waals surface area contributed by atoms with Crippen LogP contribution in [0.1, 0.15) is 13.8 Å². The van der Waals surface area contributed by atoms with Crippen LogP contribution in [0, 0.1) is 5.41 Å². The molecule has 11 heavy (non-hydrogen) atoms. The monoisotopic (exact) mass is 191 g/mol. The van der Waals surface area contributed by atoms with Crippen LogP contribution in [0.3, 0.4) is 0 Å². The minimum atomic E-state index is 0.176. The third-order valence-corrected chi connectivity index (χ3v) is 1.74. The number of rotatable bonds is 2. The molecule has 0 radical (unpaired) electrons. The molecule has 0 atom stereocenters. The van der Waals surface area contributed by atoms with Gasteiger partial charge in [0.15, 0.2) is 10.3 Å². The Morgan fingerprint density at radius 1 is 1.45 bits per heavy atom. The molecule has 64 valence electrons. The van der Waals surface area contributed by atoms with Gasteiger partial charge in [-0.15, -0.1) is 25.3 Å². The first-order valence-corrected chi connectivity index (χ1v) is 4.31. The Balaban J connectivity index is 4.25. The number of thiol groups is 2. The summed E-state index contributed by atoms with van der Waals surface area (Å²) in [5.41, 5.74) is 0. The van der Waals surface area contributed by atoms with E-state index in [9.17, 15) is 0 Å². The first-order chi connectivity index (χ1) is 5.13. The number of nitrogens with one attached hydrogen (secondary N) is 1. The number of hydrogen-bond donors (Lipinski definition) is 3. The van der Waals surface area contributed by atoms with Gasteiger partial charge in [-0.2, -0.15) is 0 Å². The molecular formula is C6H13N3S2. The van der Waals surface area contributed by atoms with Crippen LogP contribution < -0.4 is 0 Å². The molecule has 0 bridgehead atoms. The van der Waals surface area contributed by atoms with Gasteiger partial charge in [0.25, 0.3) is 0 Å². The molecule has 0 heterocycles. The molecular weight excluding hydrogens is 178 g/mol. The van der Waals surface area contributed by atoms with Gasteiger partial charge in [-0.05, 0) is 13.8 Å². The maximum absolute atomic E-state index is 7.22. The van der Waals surface area contributed by atoms with Gasteiger partial charge in [-0.25, -0.2) is 0 Å². The third kappa shape index (κ3) is 3.67. The molecule has 0 saturated heterocycles. The summed E-state index contributed by atoms with van der Waals surface area (Å²) in [6.45, 7) is 5.19. The Hall–Kier alpha value is -0.160. The highest BCUT2D eigenvalue weighted by atomic mass is 32.1. The van der Waals surface area contributed by atoms with E-state index in [1.54, 1.807) is 4.90 Å². The van der Waals surface area contributed by atoms with Gasteiger partial charge in [0.2, 0.25) is 0 Å².